The van der Waals surface area contributed by atoms with Gasteiger partial charge in [-0.2, -0.15) is 0 Å². The lowest BCUT2D eigenvalue weighted by atomic mass is 10.3. The molecule has 0 aromatic heterocycles. The molecule has 0 amide bonds. The van der Waals surface area contributed by atoms with Gasteiger partial charge in [0.05, 0.1) is 0 Å². The quantitative estimate of drug-likeness (QED) is 0.453. The van der Waals surface area contributed by atoms with E-state index in [1.807, 2.05) is 0 Å². The summed E-state index contributed by atoms with van der Waals surface area (Å²) in [6.45, 7) is 3.76. The molecule has 0 spiro atoms. The Kier molecular flexibility index (Phi) is 7.24. The fourth-order valence-electron chi connectivity index (χ4n) is 0.756. The number of carbonyl (C=O) groups is 1. The second kappa shape index (κ2) is 7.76. The number of carboxylic acids is 1. The fraction of sp³-hybridized carbons (Fsp3) is 0.667. The van der Waals surface area contributed by atoms with Crippen LogP contribution in [0.25, 0.3) is 0 Å². The van der Waals surface area contributed by atoms with Gasteiger partial charge in [0.15, 0.2) is 0 Å². The summed E-state index contributed by atoms with van der Waals surface area (Å²) in [5.74, 6) is -0.862. The molecule has 0 heterocycles. The predicted molar refractivity (Wildman–Crippen MR) is 50.8 cm³/mol. The summed E-state index contributed by atoms with van der Waals surface area (Å²) >= 11 is 0. The van der Waals surface area contributed by atoms with Gasteiger partial charge in [0.25, 0.3) is 0 Å². The summed E-state index contributed by atoms with van der Waals surface area (Å²) in [7, 11) is 1.66. The van der Waals surface area contributed by atoms with Crippen LogP contribution in [-0.4, -0.2) is 37.9 Å². The summed E-state index contributed by atoms with van der Waals surface area (Å²) in [6.07, 6.45) is 2.60. The summed E-state index contributed by atoms with van der Waals surface area (Å²) in [5, 5.41) is 11.6. The van der Waals surface area contributed by atoms with Crippen LogP contribution < -0.4 is 5.32 Å². The van der Waals surface area contributed by atoms with Gasteiger partial charge in [-0.25, -0.2) is 4.79 Å². The first-order valence-corrected chi connectivity index (χ1v) is 4.28. The van der Waals surface area contributed by atoms with E-state index in [1.54, 1.807) is 20.1 Å². The van der Waals surface area contributed by atoms with Crippen LogP contribution in [0.3, 0.4) is 0 Å². The summed E-state index contributed by atoms with van der Waals surface area (Å²) in [6, 6.07) is 0. The van der Waals surface area contributed by atoms with Gasteiger partial charge in [0.2, 0.25) is 0 Å². The monoisotopic (exact) mass is 187 g/mol. The first kappa shape index (κ1) is 12.1. The zero-order valence-corrected chi connectivity index (χ0v) is 8.17. The lowest BCUT2D eigenvalue weighted by molar-refractivity contribution is -0.132. The maximum Gasteiger partial charge on any atom is 0.330 e. The van der Waals surface area contributed by atoms with Crippen molar-refractivity contribution in [2.45, 2.75) is 13.3 Å². The molecule has 0 aromatic carbocycles. The number of aliphatic carboxylic acids is 1. The minimum Gasteiger partial charge on any atom is -0.478 e. The van der Waals surface area contributed by atoms with E-state index in [-0.39, 0.29) is 0 Å². The second-order valence-electron chi connectivity index (χ2n) is 2.74. The Hall–Kier alpha value is -0.870. The van der Waals surface area contributed by atoms with Crippen molar-refractivity contribution in [1.82, 2.24) is 5.32 Å². The van der Waals surface area contributed by atoms with Gasteiger partial charge in [-0.15, -0.1) is 0 Å². The topological polar surface area (TPSA) is 58.6 Å². The van der Waals surface area contributed by atoms with Crippen molar-refractivity contribution >= 4 is 5.97 Å². The van der Waals surface area contributed by atoms with Crippen molar-refractivity contribution in [1.29, 1.82) is 0 Å². The van der Waals surface area contributed by atoms with E-state index in [0.29, 0.717) is 12.1 Å². The van der Waals surface area contributed by atoms with E-state index < -0.39 is 5.97 Å². The van der Waals surface area contributed by atoms with E-state index in [2.05, 4.69) is 5.32 Å². The Morgan fingerprint density at radius 3 is 2.85 bits per heavy atom. The Labute approximate surface area is 78.6 Å². The van der Waals surface area contributed by atoms with Gasteiger partial charge in [-0.05, 0) is 19.9 Å². The molecule has 0 unspecified atom stereocenters. The largest absolute Gasteiger partial charge is 0.478 e. The lowest BCUT2D eigenvalue weighted by Crippen LogP contribution is -2.17. The van der Waals surface area contributed by atoms with Crippen LogP contribution >= 0.6 is 0 Å². The molecule has 0 saturated carbocycles. The average molecular weight is 187 g/mol. The lowest BCUT2D eigenvalue weighted by Gasteiger charge is -2.00. The van der Waals surface area contributed by atoms with Crippen molar-refractivity contribution in [3.05, 3.63) is 11.6 Å². The molecule has 0 saturated heterocycles. The van der Waals surface area contributed by atoms with E-state index in [4.69, 9.17) is 9.84 Å². The minimum atomic E-state index is -0.862. The van der Waals surface area contributed by atoms with Crippen molar-refractivity contribution in [3.8, 4) is 0 Å². The molecule has 13 heavy (non-hydrogen) atoms. The summed E-state index contributed by atoms with van der Waals surface area (Å²) in [5.41, 5.74) is 0.374. The number of hydrogen-bond acceptors (Lipinski definition) is 3. The molecular weight excluding hydrogens is 170 g/mol. The highest BCUT2D eigenvalue weighted by Gasteiger charge is 1.96. The second-order valence-corrected chi connectivity index (χ2v) is 2.74. The molecule has 4 nitrogen and oxygen atoms in total. The molecule has 2 N–H and O–H groups in total. The van der Waals surface area contributed by atoms with Crippen LogP contribution in [0, 0.1) is 0 Å². The number of methoxy groups -OCH3 is 1. The van der Waals surface area contributed by atoms with Crippen molar-refractivity contribution in [3.63, 3.8) is 0 Å². The van der Waals surface area contributed by atoms with Gasteiger partial charge in [-0.1, -0.05) is 6.08 Å². The molecule has 0 aliphatic carbocycles. The van der Waals surface area contributed by atoms with Crippen LogP contribution in [0.4, 0.5) is 0 Å². The van der Waals surface area contributed by atoms with Gasteiger partial charge < -0.3 is 15.2 Å². The van der Waals surface area contributed by atoms with E-state index >= 15 is 0 Å². The molecule has 0 bridgehead atoms. The number of nitrogens with one attached hydrogen (secondary N) is 1. The Morgan fingerprint density at radius 1 is 1.62 bits per heavy atom. The van der Waals surface area contributed by atoms with Gasteiger partial charge >= 0.3 is 5.97 Å². The molecule has 0 fully saturated rings. The fourth-order valence-corrected chi connectivity index (χ4v) is 0.756. The third-order valence-corrected chi connectivity index (χ3v) is 1.59. The maximum atomic E-state index is 10.3. The van der Waals surface area contributed by atoms with Gasteiger partial charge in [-0.3, -0.25) is 0 Å². The zero-order chi connectivity index (χ0) is 10.1. The third-order valence-electron chi connectivity index (χ3n) is 1.59. The van der Waals surface area contributed by atoms with Crippen LogP contribution in [0.2, 0.25) is 0 Å². The summed E-state index contributed by atoms with van der Waals surface area (Å²) < 4.78 is 4.86. The minimum absolute atomic E-state index is 0.374. The smallest absolute Gasteiger partial charge is 0.330 e. The Balaban J connectivity index is 3.34. The highest BCUT2D eigenvalue weighted by molar-refractivity contribution is 5.85. The van der Waals surface area contributed by atoms with Crippen LogP contribution in [0.15, 0.2) is 11.6 Å². The molecule has 0 aromatic rings. The predicted octanol–water partition coefficient (Wildman–Crippen LogP) is 0.643. The van der Waals surface area contributed by atoms with Gasteiger partial charge in [0.1, 0.15) is 0 Å². The number of hydrogen-bond donors (Lipinski definition) is 2. The average Bonchev–Trinajstić information content (AvgIpc) is 2.10. The molecular formula is C9H17NO3. The standard InChI is InChI=1S/C9H17NO3/c1-8(9(11)12)4-6-10-5-3-7-13-2/h4,10H,3,5-7H2,1-2H3,(H,11,12)/b8-4-. The Bertz CT molecular complexity index is 178. The highest BCUT2D eigenvalue weighted by atomic mass is 16.5. The van der Waals surface area contributed by atoms with E-state index in [1.165, 1.54) is 0 Å². The van der Waals surface area contributed by atoms with E-state index in [9.17, 15) is 4.79 Å². The highest BCUT2D eigenvalue weighted by Crippen LogP contribution is 1.89. The molecule has 76 valence electrons. The molecule has 4 heteroatoms. The third kappa shape index (κ3) is 7.49. The first-order valence-electron chi connectivity index (χ1n) is 4.28. The molecule has 0 radical (unpaired) electrons. The zero-order valence-electron chi connectivity index (χ0n) is 8.17. The molecule has 0 aliphatic rings. The Morgan fingerprint density at radius 2 is 2.31 bits per heavy atom. The normalized spacial score (nSPS) is 11.7. The summed E-state index contributed by atoms with van der Waals surface area (Å²) in [4.78, 5) is 10.3. The van der Waals surface area contributed by atoms with Crippen LogP contribution in [0.1, 0.15) is 13.3 Å². The van der Waals surface area contributed by atoms with Crippen molar-refractivity contribution in [2.75, 3.05) is 26.8 Å². The maximum absolute atomic E-state index is 10.3. The molecule has 0 atom stereocenters. The molecule has 0 aliphatic heterocycles. The number of rotatable bonds is 7. The number of ether oxygens (including phenoxy) is 1. The number of carboxylic acid groups (broad SMARTS) is 1. The van der Waals surface area contributed by atoms with Gasteiger partial charge in [0, 0.05) is 25.8 Å². The molecule has 0 rings (SSSR count). The first-order chi connectivity index (χ1) is 6.18. The van der Waals surface area contributed by atoms with Crippen LogP contribution in [-0.2, 0) is 9.53 Å². The van der Waals surface area contributed by atoms with Crippen LogP contribution in [0.5, 0.6) is 0 Å². The SMILES string of the molecule is COCCCNC/C=C(/C)C(=O)O. The van der Waals surface area contributed by atoms with E-state index in [0.717, 1.165) is 19.6 Å². The van der Waals surface area contributed by atoms with Crippen molar-refractivity contribution in [2.24, 2.45) is 0 Å². The van der Waals surface area contributed by atoms with Crippen molar-refractivity contribution < 1.29 is 14.6 Å².